The van der Waals surface area contributed by atoms with Crippen molar-refractivity contribution < 1.29 is 9.59 Å². The predicted octanol–water partition coefficient (Wildman–Crippen LogP) is 4.05. The lowest BCUT2D eigenvalue weighted by Gasteiger charge is -2.34. The molecule has 2 aromatic rings. The molecule has 1 saturated heterocycles. The third-order valence-electron chi connectivity index (χ3n) is 6.10. The first-order chi connectivity index (χ1) is 14.1. The average Bonchev–Trinajstić information content (AvgIpc) is 2.99. The molecule has 2 aromatic carbocycles. The molecule has 0 aromatic heterocycles. The second kappa shape index (κ2) is 8.24. The van der Waals surface area contributed by atoms with Gasteiger partial charge in [-0.3, -0.25) is 14.5 Å². The van der Waals surface area contributed by atoms with Gasteiger partial charge in [-0.05, 0) is 50.2 Å². The number of likely N-dealkylation sites (N-methyl/N-ethyl adjacent to an activating group) is 1. The lowest BCUT2D eigenvalue weighted by atomic mass is 9.89. The van der Waals surface area contributed by atoms with Gasteiger partial charge >= 0.3 is 0 Å². The number of carbonyl (C=O) groups excluding carboxylic acids is 2. The fourth-order valence-corrected chi connectivity index (χ4v) is 4.43. The van der Waals surface area contributed by atoms with Gasteiger partial charge in [-0.15, -0.1) is 0 Å². The Morgan fingerprint density at radius 1 is 0.897 bits per heavy atom. The van der Waals surface area contributed by atoms with E-state index in [9.17, 15) is 9.59 Å². The van der Waals surface area contributed by atoms with E-state index in [1.807, 2.05) is 44.2 Å². The highest BCUT2D eigenvalue weighted by Crippen LogP contribution is 2.34. The zero-order valence-electron chi connectivity index (χ0n) is 17.2. The molecule has 0 bridgehead atoms. The van der Waals surface area contributed by atoms with E-state index in [0.29, 0.717) is 23.7 Å². The van der Waals surface area contributed by atoms with Gasteiger partial charge in [0.25, 0.3) is 11.8 Å². The molecule has 0 unspecified atom stereocenters. The van der Waals surface area contributed by atoms with E-state index in [0.717, 1.165) is 43.5 Å². The molecule has 0 N–H and O–H groups in total. The molecule has 2 aliphatic heterocycles. The maximum absolute atomic E-state index is 13.1. The van der Waals surface area contributed by atoms with E-state index >= 15 is 0 Å². The second-order valence-corrected chi connectivity index (χ2v) is 8.06. The standard InChI is InChI=1S/C25H28N2O2/c1-3-27-24(28)22(21-11-9-18(2)10-12-21)23(25(27)29)26-15-13-20(14-16-26)17-19-7-5-4-6-8-19/h4-12,20H,3,13-17H2,1-2H3. The highest BCUT2D eigenvalue weighted by Gasteiger charge is 2.41. The molecule has 1 fully saturated rings. The fourth-order valence-electron chi connectivity index (χ4n) is 4.43. The summed E-state index contributed by atoms with van der Waals surface area (Å²) in [4.78, 5) is 29.6. The SMILES string of the molecule is CCN1C(=O)C(c2ccc(C)cc2)=C(N2CCC(Cc3ccccc3)CC2)C1=O. The van der Waals surface area contributed by atoms with Crippen LogP contribution in [0.15, 0.2) is 60.3 Å². The van der Waals surface area contributed by atoms with Gasteiger partial charge in [0.2, 0.25) is 0 Å². The Labute approximate surface area is 172 Å². The Morgan fingerprint density at radius 2 is 1.55 bits per heavy atom. The summed E-state index contributed by atoms with van der Waals surface area (Å²) < 4.78 is 0. The highest BCUT2D eigenvalue weighted by molar-refractivity contribution is 6.35. The molecule has 2 amide bonds. The van der Waals surface area contributed by atoms with E-state index in [4.69, 9.17) is 0 Å². The van der Waals surface area contributed by atoms with Crippen LogP contribution in [0, 0.1) is 12.8 Å². The minimum atomic E-state index is -0.164. The second-order valence-electron chi connectivity index (χ2n) is 8.06. The predicted molar refractivity (Wildman–Crippen MR) is 115 cm³/mol. The summed E-state index contributed by atoms with van der Waals surface area (Å²) in [5.74, 6) is 0.309. The zero-order chi connectivity index (χ0) is 20.4. The van der Waals surface area contributed by atoms with Gasteiger partial charge in [0.15, 0.2) is 0 Å². The lowest BCUT2D eigenvalue weighted by molar-refractivity contribution is -0.137. The Bertz CT molecular complexity index is 923. The maximum Gasteiger partial charge on any atom is 0.277 e. The Kier molecular flexibility index (Phi) is 5.52. The van der Waals surface area contributed by atoms with Gasteiger partial charge in [0, 0.05) is 19.6 Å². The summed E-state index contributed by atoms with van der Waals surface area (Å²) >= 11 is 0. The molecule has 150 valence electrons. The van der Waals surface area contributed by atoms with E-state index < -0.39 is 0 Å². The van der Waals surface area contributed by atoms with Crippen molar-refractivity contribution in [1.82, 2.24) is 9.80 Å². The fraction of sp³-hybridized carbons (Fsp3) is 0.360. The van der Waals surface area contributed by atoms with Gasteiger partial charge in [-0.2, -0.15) is 0 Å². The van der Waals surface area contributed by atoms with Crippen LogP contribution >= 0.6 is 0 Å². The highest BCUT2D eigenvalue weighted by atomic mass is 16.2. The smallest absolute Gasteiger partial charge is 0.277 e. The van der Waals surface area contributed by atoms with E-state index in [1.54, 1.807) is 0 Å². The number of carbonyl (C=O) groups is 2. The monoisotopic (exact) mass is 388 g/mol. The summed E-state index contributed by atoms with van der Waals surface area (Å²) in [7, 11) is 0. The van der Waals surface area contributed by atoms with Crippen LogP contribution in [0.5, 0.6) is 0 Å². The minimum Gasteiger partial charge on any atom is -0.366 e. The van der Waals surface area contributed by atoms with Gasteiger partial charge < -0.3 is 4.90 Å². The molecule has 4 heteroatoms. The number of rotatable bonds is 5. The number of nitrogens with zero attached hydrogens (tertiary/aromatic N) is 2. The van der Waals surface area contributed by atoms with Crippen molar-refractivity contribution in [3.05, 3.63) is 77.0 Å². The number of hydrogen-bond donors (Lipinski definition) is 0. The third-order valence-corrected chi connectivity index (χ3v) is 6.10. The molecule has 0 aliphatic carbocycles. The molecular weight excluding hydrogens is 360 g/mol. The molecule has 2 heterocycles. The number of benzene rings is 2. The first kappa shape index (κ1) is 19.4. The van der Waals surface area contributed by atoms with Crippen LogP contribution in [0.1, 0.15) is 36.5 Å². The number of aryl methyl sites for hydroxylation is 1. The van der Waals surface area contributed by atoms with Crippen molar-refractivity contribution in [2.24, 2.45) is 5.92 Å². The zero-order valence-corrected chi connectivity index (χ0v) is 17.2. The van der Waals surface area contributed by atoms with E-state index in [-0.39, 0.29) is 11.8 Å². The number of likely N-dealkylation sites (tertiary alicyclic amines) is 1. The van der Waals surface area contributed by atoms with Crippen LogP contribution in [0.2, 0.25) is 0 Å². The molecule has 4 nitrogen and oxygen atoms in total. The van der Waals surface area contributed by atoms with Crippen molar-refractivity contribution in [3.63, 3.8) is 0 Å². The average molecular weight is 389 g/mol. The number of amides is 2. The van der Waals surface area contributed by atoms with Crippen LogP contribution in [-0.2, 0) is 16.0 Å². The summed E-state index contributed by atoms with van der Waals surface area (Å²) in [5.41, 5.74) is 4.51. The summed E-state index contributed by atoms with van der Waals surface area (Å²) in [6.07, 6.45) is 3.15. The van der Waals surface area contributed by atoms with Gasteiger partial charge in [0.05, 0.1) is 5.57 Å². The van der Waals surface area contributed by atoms with Crippen molar-refractivity contribution in [2.75, 3.05) is 19.6 Å². The molecule has 0 radical (unpaired) electrons. The van der Waals surface area contributed by atoms with Gasteiger partial charge in [-0.1, -0.05) is 60.2 Å². The molecule has 0 spiro atoms. The van der Waals surface area contributed by atoms with E-state index in [2.05, 4.69) is 29.2 Å². The quantitative estimate of drug-likeness (QED) is 0.726. The van der Waals surface area contributed by atoms with Crippen LogP contribution in [0.25, 0.3) is 5.57 Å². The van der Waals surface area contributed by atoms with Gasteiger partial charge in [0.1, 0.15) is 5.70 Å². The topological polar surface area (TPSA) is 40.6 Å². The Hall–Kier alpha value is -2.88. The lowest BCUT2D eigenvalue weighted by Crippen LogP contribution is -2.39. The number of hydrogen-bond acceptors (Lipinski definition) is 3. The summed E-state index contributed by atoms with van der Waals surface area (Å²) in [5, 5.41) is 0. The van der Waals surface area contributed by atoms with Crippen molar-refractivity contribution in [1.29, 1.82) is 0 Å². The van der Waals surface area contributed by atoms with Crippen LogP contribution in [0.3, 0.4) is 0 Å². The Balaban J connectivity index is 1.57. The molecule has 4 rings (SSSR count). The van der Waals surface area contributed by atoms with Gasteiger partial charge in [-0.25, -0.2) is 0 Å². The normalized spacial score (nSPS) is 18.1. The van der Waals surface area contributed by atoms with Crippen LogP contribution < -0.4 is 0 Å². The maximum atomic E-state index is 13.1. The van der Waals surface area contributed by atoms with Crippen LogP contribution in [-0.4, -0.2) is 41.2 Å². The molecule has 2 aliphatic rings. The number of piperidine rings is 1. The van der Waals surface area contributed by atoms with Crippen molar-refractivity contribution in [2.45, 2.75) is 33.1 Å². The van der Waals surface area contributed by atoms with Crippen molar-refractivity contribution in [3.8, 4) is 0 Å². The Morgan fingerprint density at radius 3 is 2.17 bits per heavy atom. The summed E-state index contributed by atoms with van der Waals surface area (Å²) in [6, 6.07) is 18.5. The third kappa shape index (κ3) is 3.84. The largest absolute Gasteiger partial charge is 0.366 e. The van der Waals surface area contributed by atoms with Crippen molar-refractivity contribution >= 4 is 17.4 Å². The molecule has 29 heavy (non-hydrogen) atoms. The minimum absolute atomic E-state index is 0.144. The van der Waals surface area contributed by atoms with Crippen LogP contribution in [0.4, 0.5) is 0 Å². The first-order valence-electron chi connectivity index (χ1n) is 10.5. The molecular formula is C25H28N2O2. The molecule has 0 saturated carbocycles. The van der Waals surface area contributed by atoms with E-state index in [1.165, 1.54) is 10.5 Å². The molecule has 0 atom stereocenters. The summed E-state index contributed by atoms with van der Waals surface area (Å²) in [6.45, 7) is 5.92. The number of imide groups is 1. The first-order valence-corrected chi connectivity index (χ1v) is 10.5.